The van der Waals surface area contributed by atoms with Crippen molar-refractivity contribution in [3.8, 4) is 5.75 Å². The van der Waals surface area contributed by atoms with Crippen LogP contribution in [0.5, 0.6) is 5.75 Å². The van der Waals surface area contributed by atoms with Crippen molar-refractivity contribution in [3.05, 3.63) is 62.0 Å². The van der Waals surface area contributed by atoms with Crippen LogP contribution in [0.15, 0.2) is 50.4 Å². The fourth-order valence-corrected chi connectivity index (χ4v) is 4.21. The third-order valence-electron chi connectivity index (χ3n) is 4.14. The molecule has 0 heterocycles. The highest BCUT2D eigenvalue weighted by molar-refractivity contribution is 9.11. The van der Waals surface area contributed by atoms with Crippen LogP contribution >= 0.6 is 43.6 Å². The van der Waals surface area contributed by atoms with Gasteiger partial charge in [0.15, 0.2) is 0 Å². The van der Waals surface area contributed by atoms with Gasteiger partial charge in [-0.05, 0) is 70.8 Å². The maximum absolute atomic E-state index is 12.7. The molecular formula is C20H18Br2F3N3O3S. The molecule has 2 rings (SSSR count). The van der Waals surface area contributed by atoms with Gasteiger partial charge in [-0.25, -0.2) is 5.43 Å². The van der Waals surface area contributed by atoms with Gasteiger partial charge in [0.05, 0.1) is 16.3 Å². The van der Waals surface area contributed by atoms with Crippen molar-refractivity contribution in [2.24, 2.45) is 5.10 Å². The summed E-state index contributed by atoms with van der Waals surface area (Å²) in [6.07, 6.45) is -1.15. The first kappa shape index (κ1) is 26.2. The van der Waals surface area contributed by atoms with E-state index in [1.54, 1.807) is 12.1 Å². The first-order chi connectivity index (χ1) is 15.0. The summed E-state index contributed by atoms with van der Waals surface area (Å²) in [5.41, 5.74) is 1.76. The monoisotopic (exact) mass is 595 g/mol. The molecule has 0 aliphatic carbocycles. The second-order valence-electron chi connectivity index (χ2n) is 6.44. The molecule has 1 unspecified atom stereocenters. The number of nitrogens with one attached hydrogen (secondary N) is 2. The number of benzene rings is 2. The van der Waals surface area contributed by atoms with Crippen LogP contribution in [0.1, 0.15) is 27.9 Å². The molecule has 0 saturated heterocycles. The summed E-state index contributed by atoms with van der Waals surface area (Å²) in [7, 11) is 0. The highest BCUT2D eigenvalue weighted by Crippen LogP contribution is 2.31. The number of hydrogen-bond donors (Lipinski definition) is 3. The Kier molecular flexibility index (Phi) is 9.59. The Morgan fingerprint density at radius 2 is 1.88 bits per heavy atom. The highest BCUT2D eigenvalue weighted by Gasteiger charge is 2.30. The number of hydrazone groups is 1. The van der Waals surface area contributed by atoms with Crippen molar-refractivity contribution in [1.82, 2.24) is 10.7 Å². The van der Waals surface area contributed by atoms with Crippen molar-refractivity contribution in [1.29, 1.82) is 0 Å². The zero-order valence-electron chi connectivity index (χ0n) is 16.5. The first-order valence-electron chi connectivity index (χ1n) is 9.01. The molecule has 6 nitrogen and oxygen atoms in total. The number of carbonyl (C=O) groups is 2. The summed E-state index contributed by atoms with van der Waals surface area (Å²) < 4.78 is 39.2. The van der Waals surface area contributed by atoms with E-state index in [4.69, 9.17) is 0 Å². The lowest BCUT2D eigenvalue weighted by Gasteiger charge is -2.17. The summed E-state index contributed by atoms with van der Waals surface area (Å²) in [5, 5.41) is 16.4. The fourth-order valence-electron chi connectivity index (χ4n) is 2.48. The zero-order valence-corrected chi connectivity index (χ0v) is 20.5. The lowest BCUT2D eigenvalue weighted by molar-refractivity contribution is -0.137. The van der Waals surface area contributed by atoms with E-state index in [0.717, 1.165) is 24.3 Å². The Hall–Kier alpha value is -2.05. The van der Waals surface area contributed by atoms with E-state index in [-0.39, 0.29) is 17.7 Å². The predicted molar refractivity (Wildman–Crippen MR) is 125 cm³/mol. The van der Waals surface area contributed by atoms with Gasteiger partial charge in [0.25, 0.3) is 11.8 Å². The lowest BCUT2D eigenvalue weighted by Crippen LogP contribution is -2.45. The largest absolute Gasteiger partial charge is 0.506 e. The summed E-state index contributed by atoms with van der Waals surface area (Å²) in [6.45, 7) is 0. The minimum absolute atomic E-state index is 0.00707. The second-order valence-corrected chi connectivity index (χ2v) is 9.20. The Labute approximate surface area is 203 Å². The number of phenolic OH excluding ortho intramolecular Hbond substituents is 1. The number of hydrogen-bond acceptors (Lipinski definition) is 5. The molecule has 2 amide bonds. The van der Waals surface area contributed by atoms with E-state index < -0.39 is 29.6 Å². The molecule has 0 bridgehead atoms. The first-order valence-corrected chi connectivity index (χ1v) is 12.0. The van der Waals surface area contributed by atoms with Crippen LogP contribution in [0.25, 0.3) is 0 Å². The topological polar surface area (TPSA) is 90.8 Å². The number of alkyl halides is 3. The molecular weight excluding hydrogens is 579 g/mol. The Balaban J connectivity index is 2.08. The van der Waals surface area contributed by atoms with E-state index in [1.165, 1.54) is 18.0 Å². The molecule has 0 radical (unpaired) electrons. The Morgan fingerprint density at radius 3 is 2.47 bits per heavy atom. The molecule has 0 spiro atoms. The molecule has 2 aromatic rings. The van der Waals surface area contributed by atoms with E-state index in [1.807, 2.05) is 6.26 Å². The summed E-state index contributed by atoms with van der Waals surface area (Å²) >= 11 is 7.94. The number of amides is 2. The summed E-state index contributed by atoms with van der Waals surface area (Å²) in [4.78, 5) is 25.0. The van der Waals surface area contributed by atoms with Crippen molar-refractivity contribution in [2.75, 3.05) is 12.0 Å². The number of aromatic hydroxyl groups is 1. The average Bonchev–Trinajstić information content (AvgIpc) is 2.73. The molecule has 0 saturated carbocycles. The smallest absolute Gasteiger partial charge is 0.416 e. The average molecular weight is 597 g/mol. The molecule has 0 fully saturated rings. The maximum Gasteiger partial charge on any atom is 0.416 e. The highest BCUT2D eigenvalue weighted by atomic mass is 79.9. The van der Waals surface area contributed by atoms with Gasteiger partial charge >= 0.3 is 6.18 Å². The van der Waals surface area contributed by atoms with Crippen LogP contribution in [0.2, 0.25) is 0 Å². The van der Waals surface area contributed by atoms with Gasteiger partial charge < -0.3 is 10.4 Å². The van der Waals surface area contributed by atoms with Gasteiger partial charge in [-0.2, -0.15) is 30.0 Å². The lowest BCUT2D eigenvalue weighted by atomic mass is 10.1. The number of carbonyl (C=O) groups excluding carboxylic acids is 2. The van der Waals surface area contributed by atoms with Crippen molar-refractivity contribution in [2.45, 2.75) is 18.6 Å². The van der Waals surface area contributed by atoms with Crippen LogP contribution in [0.4, 0.5) is 13.2 Å². The molecule has 3 N–H and O–H groups in total. The third-order valence-corrected chi connectivity index (χ3v) is 5.85. The predicted octanol–water partition coefficient (Wildman–Crippen LogP) is 4.94. The molecule has 0 aliphatic rings. The standard InChI is InChI=1S/C20H18Br2F3N3O3S/c1-32-7-6-16(27-18(30)11-2-4-13(5-3-11)20(23,24)25)19(31)28-26-10-12-8-14(21)9-15(22)17(12)29/h2-5,8-10,16,29H,6-7H2,1H3,(H,27,30)(H,28,31). The van der Waals surface area contributed by atoms with E-state index in [0.29, 0.717) is 20.3 Å². The SMILES string of the molecule is CSCCC(NC(=O)c1ccc(C(F)(F)F)cc1)C(=O)NN=Cc1cc(Br)cc(Br)c1O. The van der Waals surface area contributed by atoms with Gasteiger partial charge in [0, 0.05) is 15.6 Å². The van der Waals surface area contributed by atoms with Crippen LogP contribution in [-0.2, 0) is 11.0 Å². The minimum Gasteiger partial charge on any atom is -0.506 e. The van der Waals surface area contributed by atoms with Crippen molar-refractivity contribution in [3.63, 3.8) is 0 Å². The molecule has 0 aliphatic heterocycles. The number of nitrogens with zero attached hydrogens (tertiary/aromatic N) is 1. The van der Waals surface area contributed by atoms with Crippen LogP contribution < -0.4 is 10.7 Å². The van der Waals surface area contributed by atoms with Crippen molar-refractivity contribution >= 4 is 61.7 Å². The molecule has 2 aromatic carbocycles. The van der Waals surface area contributed by atoms with Crippen LogP contribution in [0.3, 0.4) is 0 Å². The maximum atomic E-state index is 12.7. The van der Waals surface area contributed by atoms with Gasteiger partial charge in [-0.1, -0.05) is 15.9 Å². The van der Waals surface area contributed by atoms with Gasteiger partial charge in [0.2, 0.25) is 0 Å². The molecule has 32 heavy (non-hydrogen) atoms. The van der Waals surface area contributed by atoms with E-state index >= 15 is 0 Å². The van der Waals surface area contributed by atoms with Crippen LogP contribution in [-0.4, -0.2) is 41.2 Å². The molecule has 12 heteroatoms. The third kappa shape index (κ3) is 7.52. The normalized spacial score (nSPS) is 12.6. The Morgan fingerprint density at radius 1 is 1.22 bits per heavy atom. The minimum atomic E-state index is -4.51. The number of rotatable bonds is 8. The molecule has 0 aromatic heterocycles. The van der Waals surface area contributed by atoms with Gasteiger partial charge in [-0.3, -0.25) is 9.59 Å². The van der Waals surface area contributed by atoms with E-state index in [9.17, 15) is 27.9 Å². The summed E-state index contributed by atoms with van der Waals surface area (Å²) in [6, 6.07) is 5.98. The van der Waals surface area contributed by atoms with E-state index in [2.05, 4.69) is 47.7 Å². The quantitative estimate of drug-likeness (QED) is 0.297. The number of phenols is 1. The number of thioether (sulfide) groups is 1. The molecule has 1 atom stereocenters. The van der Waals surface area contributed by atoms with Crippen molar-refractivity contribution < 1.29 is 27.9 Å². The van der Waals surface area contributed by atoms with Crippen LogP contribution in [0, 0.1) is 0 Å². The number of halogens is 5. The fraction of sp³-hybridized carbons (Fsp3) is 0.250. The molecule has 172 valence electrons. The summed E-state index contributed by atoms with van der Waals surface area (Å²) in [5.74, 6) is -0.809. The van der Waals surface area contributed by atoms with Gasteiger partial charge in [0.1, 0.15) is 11.8 Å². The second kappa shape index (κ2) is 11.7. The Bertz CT molecular complexity index is 1000. The van der Waals surface area contributed by atoms with Gasteiger partial charge in [-0.15, -0.1) is 0 Å². The zero-order chi connectivity index (χ0) is 23.9.